The maximum atomic E-state index is 15.2. The summed E-state index contributed by atoms with van der Waals surface area (Å²) >= 11 is 0. The van der Waals surface area contributed by atoms with E-state index < -0.39 is 17.7 Å². The van der Waals surface area contributed by atoms with Gasteiger partial charge in [-0.2, -0.15) is 0 Å². The molecule has 0 radical (unpaired) electrons. The number of hydrogen-bond donors (Lipinski definition) is 4. The van der Waals surface area contributed by atoms with Gasteiger partial charge in [0.1, 0.15) is 34.5 Å². The van der Waals surface area contributed by atoms with E-state index in [4.69, 9.17) is 10.7 Å². The number of aromatic nitrogens is 3. The Morgan fingerprint density at radius 2 is 1.97 bits per heavy atom. The van der Waals surface area contributed by atoms with E-state index >= 15 is 4.39 Å². The Bertz CT molecular complexity index is 1580. The highest BCUT2D eigenvalue weighted by atomic mass is 19.1. The smallest absolute Gasteiger partial charge is 0.323 e. The Morgan fingerprint density at radius 3 is 2.64 bits per heavy atom. The first-order valence-corrected chi connectivity index (χ1v) is 12.9. The molecule has 5 rings (SSSR count). The molecule has 0 bridgehead atoms. The molecule has 202 valence electrons. The van der Waals surface area contributed by atoms with E-state index in [-0.39, 0.29) is 17.3 Å². The van der Waals surface area contributed by atoms with Crippen LogP contribution in [0.5, 0.6) is 0 Å². The zero-order valence-electron chi connectivity index (χ0n) is 22.1. The molecule has 0 saturated carbocycles. The molecule has 1 unspecified atom stereocenters. The molecule has 5 N–H and O–H groups in total. The first-order valence-electron chi connectivity index (χ1n) is 12.9. The predicted octanol–water partition coefficient (Wildman–Crippen LogP) is 6.18. The highest BCUT2D eigenvalue weighted by molar-refractivity contribution is 6.00. The van der Waals surface area contributed by atoms with E-state index in [1.54, 1.807) is 12.3 Å². The van der Waals surface area contributed by atoms with Crippen molar-refractivity contribution in [2.24, 2.45) is 0 Å². The van der Waals surface area contributed by atoms with Gasteiger partial charge in [-0.15, -0.1) is 0 Å². The van der Waals surface area contributed by atoms with E-state index in [1.807, 2.05) is 11.4 Å². The number of nitrogens with zero attached hydrogens (tertiary/aromatic N) is 3. The number of hydrogen-bond acceptors (Lipinski definition) is 5. The number of urea groups is 1. The highest BCUT2D eigenvalue weighted by Crippen LogP contribution is 2.36. The molecule has 1 atom stereocenters. The second kappa shape index (κ2) is 10.8. The lowest BCUT2D eigenvalue weighted by atomic mass is 9.93. The van der Waals surface area contributed by atoms with Crippen LogP contribution >= 0.6 is 0 Å². The first-order chi connectivity index (χ1) is 18.7. The molecule has 2 aromatic heterocycles. The minimum absolute atomic E-state index is 0.0292. The zero-order chi connectivity index (χ0) is 27.7. The summed E-state index contributed by atoms with van der Waals surface area (Å²) in [5, 5.41) is 8.29. The molecule has 1 aliphatic carbocycles. The van der Waals surface area contributed by atoms with Crippen molar-refractivity contribution in [1.29, 1.82) is 0 Å². The number of anilines is 3. The zero-order valence-corrected chi connectivity index (χ0v) is 22.1. The third kappa shape index (κ3) is 5.33. The molecule has 1 aliphatic rings. The van der Waals surface area contributed by atoms with Gasteiger partial charge in [-0.25, -0.2) is 23.5 Å². The van der Waals surface area contributed by atoms with Crippen LogP contribution in [0, 0.1) is 11.6 Å². The average molecular weight is 532 g/mol. The van der Waals surface area contributed by atoms with Crippen LogP contribution in [-0.4, -0.2) is 33.5 Å². The van der Waals surface area contributed by atoms with Gasteiger partial charge in [0.15, 0.2) is 0 Å². The minimum Gasteiger partial charge on any atom is -0.382 e. The van der Waals surface area contributed by atoms with Crippen molar-refractivity contribution in [1.82, 2.24) is 19.7 Å². The van der Waals surface area contributed by atoms with E-state index in [0.717, 1.165) is 30.8 Å². The lowest BCUT2D eigenvalue weighted by molar-refractivity contribution is 0.262. The van der Waals surface area contributed by atoms with Gasteiger partial charge in [-0.05, 0) is 62.2 Å². The van der Waals surface area contributed by atoms with E-state index in [0.29, 0.717) is 28.6 Å². The Balaban J connectivity index is 1.50. The number of fused-ring (bicyclic) bond motifs is 1. The van der Waals surface area contributed by atoms with Crippen molar-refractivity contribution in [2.45, 2.75) is 45.1 Å². The van der Waals surface area contributed by atoms with E-state index in [9.17, 15) is 9.18 Å². The van der Waals surface area contributed by atoms with E-state index in [1.165, 1.54) is 42.0 Å². The Morgan fingerprint density at radius 1 is 1.15 bits per heavy atom. The first kappa shape index (κ1) is 26.3. The molecular formula is C29H31F2N7O. The molecule has 2 aromatic carbocycles. The normalized spacial score (nSPS) is 15.4. The van der Waals surface area contributed by atoms with Crippen LogP contribution in [0.25, 0.3) is 22.3 Å². The quantitative estimate of drug-likeness (QED) is 0.238. The van der Waals surface area contributed by atoms with Crippen LogP contribution in [0.4, 0.5) is 30.8 Å². The standard InChI is InChI=1S/C29H31F2N7O/c1-16(2)28-37-25(26-27(32)34-15-24(38(26)28)17-7-10-20(33-3)11-8-17)18-9-12-23(22(31)13-18)36-29(39)35-21-6-4-5-19(30)14-21/h4-7,9,12-16,20,33H,8,10-11H2,1-3H3,(H2,32,34)(H2,35,36,39). The Hall–Kier alpha value is -4.31. The number of allylic oxidation sites excluding steroid dienone is 1. The summed E-state index contributed by atoms with van der Waals surface area (Å²) in [5.41, 5.74) is 10.4. The highest BCUT2D eigenvalue weighted by Gasteiger charge is 2.24. The van der Waals surface area contributed by atoms with E-state index in [2.05, 4.69) is 40.9 Å². The fourth-order valence-corrected chi connectivity index (χ4v) is 4.93. The molecule has 0 fully saturated rings. The van der Waals surface area contributed by atoms with Crippen molar-refractivity contribution in [3.05, 3.63) is 77.9 Å². The summed E-state index contributed by atoms with van der Waals surface area (Å²) < 4.78 is 30.7. The topological polar surface area (TPSA) is 109 Å². The van der Waals surface area contributed by atoms with Crippen LogP contribution in [-0.2, 0) is 0 Å². The van der Waals surface area contributed by atoms with Gasteiger partial charge in [-0.1, -0.05) is 32.1 Å². The number of amides is 2. The lowest BCUT2D eigenvalue weighted by Crippen LogP contribution is -2.26. The minimum atomic E-state index is -0.693. The summed E-state index contributed by atoms with van der Waals surface area (Å²) in [6.45, 7) is 4.10. The molecule has 8 nitrogen and oxygen atoms in total. The van der Waals surface area contributed by atoms with Crippen molar-refractivity contribution in [3.63, 3.8) is 0 Å². The second-order valence-electron chi connectivity index (χ2n) is 9.96. The summed E-state index contributed by atoms with van der Waals surface area (Å²) in [6.07, 6.45) is 6.85. The predicted molar refractivity (Wildman–Crippen MR) is 151 cm³/mol. The van der Waals surface area contributed by atoms with Crippen molar-refractivity contribution < 1.29 is 13.6 Å². The summed E-state index contributed by atoms with van der Waals surface area (Å²) in [7, 11) is 1.97. The third-order valence-electron chi connectivity index (χ3n) is 6.95. The van der Waals surface area contributed by atoms with Crippen molar-refractivity contribution in [3.8, 4) is 11.3 Å². The Labute approximate surface area is 225 Å². The number of benzene rings is 2. The summed E-state index contributed by atoms with van der Waals surface area (Å²) in [5.74, 6) is 0.0334. The van der Waals surface area contributed by atoms with Gasteiger partial charge in [0.25, 0.3) is 0 Å². The molecule has 2 heterocycles. The number of imidazole rings is 1. The van der Waals surface area contributed by atoms with Gasteiger partial charge in [0, 0.05) is 23.2 Å². The van der Waals surface area contributed by atoms with Gasteiger partial charge >= 0.3 is 6.03 Å². The number of nitrogen functional groups attached to an aromatic ring is 1. The van der Waals surface area contributed by atoms with Crippen LogP contribution < -0.4 is 21.7 Å². The van der Waals surface area contributed by atoms with Crippen molar-refractivity contribution in [2.75, 3.05) is 23.4 Å². The van der Waals surface area contributed by atoms with Crippen LogP contribution in [0.15, 0.2) is 54.7 Å². The van der Waals surface area contributed by atoms with Gasteiger partial charge in [0.2, 0.25) is 0 Å². The number of carbonyl (C=O) groups excluding carboxylic acids is 1. The van der Waals surface area contributed by atoms with Crippen LogP contribution in [0.3, 0.4) is 0 Å². The largest absolute Gasteiger partial charge is 0.382 e. The third-order valence-corrected chi connectivity index (χ3v) is 6.95. The number of rotatable bonds is 6. The molecule has 39 heavy (non-hydrogen) atoms. The van der Waals surface area contributed by atoms with Gasteiger partial charge in [0.05, 0.1) is 17.6 Å². The molecular weight excluding hydrogens is 500 g/mol. The molecule has 0 saturated heterocycles. The average Bonchev–Trinajstić information content (AvgIpc) is 3.32. The van der Waals surface area contributed by atoms with Crippen LogP contribution in [0.1, 0.15) is 50.5 Å². The molecule has 0 aliphatic heterocycles. The molecule has 4 aromatic rings. The SMILES string of the molecule is CNC1CC=C(c2cnc(N)c3c(-c4ccc(NC(=O)Nc5cccc(F)c5)c(F)c4)nc(C(C)C)n23)CC1. The molecule has 2 amide bonds. The lowest BCUT2D eigenvalue weighted by Gasteiger charge is -2.22. The van der Waals surface area contributed by atoms with Crippen molar-refractivity contribution >= 4 is 34.3 Å². The second-order valence-corrected chi connectivity index (χ2v) is 9.96. The number of nitrogens with two attached hydrogens (primary N) is 1. The maximum absolute atomic E-state index is 15.2. The fourth-order valence-electron chi connectivity index (χ4n) is 4.93. The monoisotopic (exact) mass is 531 g/mol. The Kier molecular flexibility index (Phi) is 7.30. The maximum Gasteiger partial charge on any atom is 0.323 e. The summed E-state index contributed by atoms with van der Waals surface area (Å²) in [6, 6.07) is 9.65. The molecule has 0 spiro atoms. The van der Waals surface area contributed by atoms with Gasteiger partial charge < -0.3 is 21.7 Å². The van der Waals surface area contributed by atoms with Gasteiger partial charge in [-0.3, -0.25) is 4.40 Å². The number of halogens is 2. The fraction of sp³-hybridized carbons (Fsp3) is 0.276. The summed E-state index contributed by atoms with van der Waals surface area (Å²) in [4.78, 5) is 21.7. The number of nitrogens with one attached hydrogen (secondary N) is 3. The molecule has 10 heteroatoms. The number of carbonyl (C=O) groups is 1. The van der Waals surface area contributed by atoms with Crippen LogP contribution in [0.2, 0.25) is 0 Å².